The first-order valence-corrected chi connectivity index (χ1v) is 4.35. The first-order chi connectivity index (χ1) is 5.06. The van der Waals surface area contributed by atoms with Gasteiger partial charge in [-0.05, 0) is 19.3 Å². The summed E-state index contributed by atoms with van der Waals surface area (Å²) in [7, 11) is 0. The Morgan fingerprint density at radius 2 is 2.09 bits per heavy atom. The van der Waals surface area contributed by atoms with Crippen LogP contribution in [0.4, 0.5) is 0 Å². The average molecular weight is 175 g/mol. The molecule has 0 radical (unpaired) electrons. The minimum atomic E-state index is 0.132. The van der Waals surface area contributed by atoms with Crippen molar-refractivity contribution >= 4 is 17.2 Å². The van der Waals surface area contributed by atoms with Gasteiger partial charge in [-0.3, -0.25) is 0 Å². The summed E-state index contributed by atoms with van der Waals surface area (Å²) in [6.45, 7) is 6.25. The Morgan fingerprint density at radius 3 is 2.36 bits per heavy atom. The summed E-state index contributed by atoms with van der Waals surface area (Å²) >= 11 is 4.87. The second-order valence-corrected chi connectivity index (χ2v) is 3.82. The summed E-state index contributed by atoms with van der Waals surface area (Å²) in [5.74, 6) is 0.592. The molecule has 3 heteroatoms. The van der Waals surface area contributed by atoms with Gasteiger partial charge in [0.2, 0.25) is 0 Å². The molecule has 0 unspecified atom stereocenters. The van der Waals surface area contributed by atoms with Gasteiger partial charge in [-0.2, -0.15) is 0 Å². The predicted octanol–water partition coefficient (Wildman–Crippen LogP) is 1.33. The lowest BCUT2D eigenvalue weighted by molar-refractivity contribution is 0.239. The number of aliphatic hydroxyl groups excluding tert-OH is 1. The van der Waals surface area contributed by atoms with E-state index in [0.29, 0.717) is 5.92 Å². The van der Waals surface area contributed by atoms with Gasteiger partial charge in [0.05, 0.1) is 11.6 Å². The van der Waals surface area contributed by atoms with Gasteiger partial charge in [-0.25, -0.2) is 0 Å². The normalized spacial score (nSPS) is 13.2. The summed E-state index contributed by atoms with van der Waals surface area (Å²) in [5.41, 5.74) is 0. The molecule has 0 aliphatic carbocycles. The van der Waals surface area contributed by atoms with Crippen LogP contribution < -0.4 is 5.32 Å². The van der Waals surface area contributed by atoms with Crippen molar-refractivity contribution in [1.82, 2.24) is 5.32 Å². The molecule has 0 saturated carbocycles. The molecule has 1 atom stereocenters. The molecule has 2 N–H and O–H groups in total. The molecular formula is C8H17NOS. The topological polar surface area (TPSA) is 32.3 Å². The van der Waals surface area contributed by atoms with E-state index in [1.807, 2.05) is 6.92 Å². The molecule has 0 aromatic rings. The third-order valence-corrected chi connectivity index (χ3v) is 1.50. The molecule has 0 aromatic carbocycles. The molecule has 11 heavy (non-hydrogen) atoms. The second kappa shape index (κ2) is 5.49. The van der Waals surface area contributed by atoms with Crippen LogP contribution in [0.3, 0.4) is 0 Å². The fraction of sp³-hybridized carbons (Fsp3) is 0.875. The standard InChI is InChI=1S/C8H17NOS/c1-6(2)4-8(5-10)9-7(3)11/h6,8,10H,4-5H2,1-3H3,(H,9,11)/t8-/m0/s1. The third-order valence-electron chi connectivity index (χ3n) is 1.38. The minimum absolute atomic E-state index is 0.132. The van der Waals surface area contributed by atoms with E-state index in [0.717, 1.165) is 11.4 Å². The highest BCUT2D eigenvalue weighted by molar-refractivity contribution is 7.80. The van der Waals surface area contributed by atoms with Crippen LogP contribution >= 0.6 is 12.2 Å². The van der Waals surface area contributed by atoms with Gasteiger partial charge in [0.25, 0.3) is 0 Å². The van der Waals surface area contributed by atoms with Gasteiger partial charge in [-0.1, -0.05) is 26.1 Å². The zero-order chi connectivity index (χ0) is 8.85. The maximum atomic E-state index is 8.90. The number of rotatable bonds is 4. The largest absolute Gasteiger partial charge is 0.394 e. The lowest BCUT2D eigenvalue weighted by Gasteiger charge is -2.18. The maximum absolute atomic E-state index is 8.90. The van der Waals surface area contributed by atoms with Crippen LogP contribution in [0.2, 0.25) is 0 Å². The highest BCUT2D eigenvalue weighted by Crippen LogP contribution is 2.03. The first-order valence-electron chi connectivity index (χ1n) is 3.94. The number of aliphatic hydroxyl groups is 1. The van der Waals surface area contributed by atoms with Crippen molar-refractivity contribution in [1.29, 1.82) is 0 Å². The molecule has 0 aromatic heterocycles. The Bertz CT molecular complexity index is 125. The molecule has 0 amide bonds. The second-order valence-electron chi connectivity index (χ2n) is 3.21. The van der Waals surface area contributed by atoms with E-state index >= 15 is 0 Å². The van der Waals surface area contributed by atoms with E-state index in [2.05, 4.69) is 19.2 Å². The Balaban J connectivity index is 3.66. The molecule has 0 aliphatic rings. The van der Waals surface area contributed by atoms with E-state index < -0.39 is 0 Å². The number of hydrogen-bond donors (Lipinski definition) is 2. The fourth-order valence-electron chi connectivity index (χ4n) is 1.04. The zero-order valence-corrected chi connectivity index (χ0v) is 8.24. The van der Waals surface area contributed by atoms with E-state index in [1.165, 1.54) is 0 Å². The predicted molar refractivity (Wildman–Crippen MR) is 51.7 cm³/mol. The van der Waals surface area contributed by atoms with Gasteiger partial charge < -0.3 is 10.4 Å². The quantitative estimate of drug-likeness (QED) is 0.632. The monoisotopic (exact) mass is 175 g/mol. The van der Waals surface area contributed by atoms with Gasteiger partial charge in [-0.15, -0.1) is 0 Å². The van der Waals surface area contributed by atoms with Crippen LogP contribution in [0.15, 0.2) is 0 Å². The van der Waals surface area contributed by atoms with Crippen molar-refractivity contribution in [2.24, 2.45) is 5.92 Å². The molecule has 2 nitrogen and oxygen atoms in total. The van der Waals surface area contributed by atoms with Gasteiger partial charge in [0, 0.05) is 6.04 Å². The molecule has 0 spiro atoms. The summed E-state index contributed by atoms with van der Waals surface area (Å²) < 4.78 is 0. The van der Waals surface area contributed by atoms with Crippen LogP contribution in [0.1, 0.15) is 27.2 Å². The molecule has 0 aliphatic heterocycles. The number of hydrogen-bond acceptors (Lipinski definition) is 2. The summed E-state index contributed by atoms with van der Waals surface area (Å²) in [5, 5.41) is 11.9. The van der Waals surface area contributed by atoms with Crippen molar-refractivity contribution in [2.75, 3.05) is 6.61 Å². The molecule has 0 bridgehead atoms. The Hall–Kier alpha value is -0.150. The summed E-state index contributed by atoms with van der Waals surface area (Å²) in [6.07, 6.45) is 0.963. The Kier molecular flexibility index (Phi) is 5.42. The van der Waals surface area contributed by atoms with Crippen molar-refractivity contribution in [3.63, 3.8) is 0 Å². The van der Waals surface area contributed by atoms with Crippen molar-refractivity contribution < 1.29 is 5.11 Å². The molecule has 0 fully saturated rings. The average Bonchev–Trinajstić information content (AvgIpc) is 1.84. The van der Waals surface area contributed by atoms with Crippen LogP contribution in [0.25, 0.3) is 0 Å². The number of thiocarbonyl (C=S) groups is 1. The first kappa shape index (κ1) is 10.8. The van der Waals surface area contributed by atoms with Crippen molar-refractivity contribution in [3.05, 3.63) is 0 Å². The third kappa shape index (κ3) is 6.26. The number of nitrogens with one attached hydrogen (secondary N) is 1. The van der Waals surface area contributed by atoms with E-state index in [-0.39, 0.29) is 12.6 Å². The fourth-order valence-corrected chi connectivity index (χ4v) is 1.20. The van der Waals surface area contributed by atoms with Crippen LogP contribution in [0.5, 0.6) is 0 Å². The van der Waals surface area contributed by atoms with Crippen molar-refractivity contribution in [3.8, 4) is 0 Å². The van der Waals surface area contributed by atoms with Gasteiger partial charge in [0.15, 0.2) is 0 Å². The summed E-state index contributed by atoms with van der Waals surface area (Å²) in [6, 6.07) is 0.132. The van der Waals surface area contributed by atoms with Crippen LogP contribution in [-0.4, -0.2) is 22.7 Å². The molecular weight excluding hydrogens is 158 g/mol. The van der Waals surface area contributed by atoms with Crippen LogP contribution in [0, 0.1) is 5.92 Å². The Morgan fingerprint density at radius 1 is 1.55 bits per heavy atom. The van der Waals surface area contributed by atoms with Gasteiger partial charge in [0.1, 0.15) is 0 Å². The smallest absolute Gasteiger partial charge is 0.0724 e. The SMILES string of the molecule is CC(=S)N[C@H](CO)CC(C)C. The van der Waals surface area contributed by atoms with E-state index in [9.17, 15) is 0 Å². The highest BCUT2D eigenvalue weighted by Gasteiger charge is 2.08. The van der Waals surface area contributed by atoms with E-state index in [1.54, 1.807) is 0 Å². The maximum Gasteiger partial charge on any atom is 0.0724 e. The lowest BCUT2D eigenvalue weighted by atomic mass is 10.0. The molecule has 0 rings (SSSR count). The lowest BCUT2D eigenvalue weighted by Crippen LogP contribution is -2.36. The molecule has 0 heterocycles. The highest BCUT2D eigenvalue weighted by atomic mass is 32.1. The zero-order valence-electron chi connectivity index (χ0n) is 7.42. The molecule has 0 saturated heterocycles. The minimum Gasteiger partial charge on any atom is -0.394 e. The van der Waals surface area contributed by atoms with Crippen LogP contribution in [-0.2, 0) is 0 Å². The van der Waals surface area contributed by atoms with Gasteiger partial charge >= 0.3 is 0 Å². The van der Waals surface area contributed by atoms with E-state index in [4.69, 9.17) is 17.3 Å². The molecule has 66 valence electrons. The summed E-state index contributed by atoms with van der Waals surface area (Å²) in [4.78, 5) is 0.754. The Labute approximate surface area is 74.0 Å². The van der Waals surface area contributed by atoms with Crippen molar-refractivity contribution in [2.45, 2.75) is 33.2 Å².